The van der Waals surface area contributed by atoms with Crippen molar-refractivity contribution in [2.75, 3.05) is 26.2 Å². The molecule has 3 aliphatic heterocycles. The van der Waals surface area contributed by atoms with E-state index in [1.807, 2.05) is 0 Å². The van der Waals surface area contributed by atoms with Gasteiger partial charge in [0, 0.05) is 29.9 Å². The summed E-state index contributed by atoms with van der Waals surface area (Å²) in [4.78, 5) is 41.2. The molecule has 3 aromatic rings. The van der Waals surface area contributed by atoms with Gasteiger partial charge < -0.3 is 19.4 Å². The van der Waals surface area contributed by atoms with Crippen molar-refractivity contribution in [3.63, 3.8) is 0 Å². The van der Waals surface area contributed by atoms with Gasteiger partial charge in [0.05, 0.1) is 23.4 Å². The maximum absolute atomic E-state index is 13.7. The predicted octanol–water partition coefficient (Wildman–Crippen LogP) is 3.73. The fraction of sp³-hybridized carbons (Fsp3) is 0.346. The molecule has 0 radical (unpaired) electrons. The van der Waals surface area contributed by atoms with Gasteiger partial charge in [-0.15, -0.1) is 12.4 Å². The number of carbonyl (C=O) groups is 3. The standard InChI is InChI=1S/C26H26FN3O4.ClH/c1-2-34-26(33)20-14-23(24(31)17-4-3-5-19(27)12-17)30-11-8-18(13-22(20)30)25(32)28-21-15-29-9-6-16(21)7-10-29;/h3-5,8,11-14,16,21H,2,6-7,9-10,15H2,1H3,(H,28,32);1H/t21-;/m0./s1. The lowest BCUT2D eigenvalue weighted by Gasteiger charge is -2.44. The Labute approximate surface area is 208 Å². The van der Waals surface area contributed by atoms with Crippen molar-refractivity contribution in [2.45, 2.75) is 25.8 Å². The molecule has 1 aromatic carbocycles. The molecule has 2 bridgehead atoms. The van der Waals surface area contributed by atoms with E-state index in [4.69, 9.17) is 4.74 Å². The fourth-order valence-electron chi connectivity index (χ4n) is 5.04. The number of esters is 1. The number of benzene rings is 1. The van der Waals surface area contributed by atoms with Crippen LogP contribution in [-0.2, 0) is 4.74 Å². The zero-order valence-electron chi connectivity index (χ0n) is 19.3. The molecule has 0 spiro atoms. The van der Waals surface area contributed by atoms with Crippen LogP contribution < -0.4 is 5.32 Å². The molecule has 3 aliphatic rings. The molecule has 2 aromatic heterocycles. The Balaban J connectivity index is 0.00000289. The van der Waals surface area contributed by atoms with E-state index in [-0.39, 0.29) is 47.8 Å². The van der Waals surface area contributed by atoms with Crippen LogP contribution in [0, 0.1) is 11.7 Å². The van der Waals surface area contributed by atoms with Crippen LogP contribution in [0.3, 0.4) is 0 Å². The monoisotopic (exact) mass is 499 g/mol. The normalized spacial score (nSPS) is 20.8. The lowest BCUT2D eigenvalue weighted by atomic mass is 9.84. The van der Waals surface area contributed by atoms with Gasteiger partial charge in [-0.3, -0.25) is 9.59 Å². The average molecular weight is 500 g/mol. The van der Waals surface area contributed by atoms with E-state index in [1.165, 1.54) is 24.3 Å². The van der Waals surface area contributed by atoms with E-state index >= 15 is 0 Å². The molecular weight excluding hydrogens is 473 g/mol. The van der Waals surface area contributed by atoms with Crippen molar-refractivity contribution >= 4 is 35.6 Å². The average Bonchev–Trinajstić information content (AvgIpc) is 3.23. The third kappa shape index (κ3) is 4.81. The molecule has 3 saturated heterocycles. The summed E-state index contributed by atoms with van der Waals surface area (Å²) in [5.74, 6) is -1.28. The summed E-state index contributed by atoms with van der Waals surface area (Å²) in [6.07, 6.45) is 3.76. The molecule has 1 N–H and O–H groups in total. The third-order valence-corrected chi connectivity index (χ3v) is 6.82. The number of carbonyl (C=O) groups excluding carboxylic acids is 3. The Morgan fingerprint density at radius 2 is 1.86 bits per heavy atom. The number of nitrogens with zero attached hydrogens (tertiary/aromatic N) is 2. The molecule has 0 saturated carbocycles. The Bertz CT molecular complexity index is 1280. The van der Waals surface area contributed by atoms with Gasteiger partial charge in [0.25, 0.3) is 5.91 Å². The number of hydrogen-bond donors (Lipinski definition) is 1. The van der Waals surface area contributed by atoms with E-state index in [2.05, 4.69) is 10.2 Å². The first-order valence-electron chi connectivity index (χ1n) is 11.6. The Kier molecular flexibility index (Phi) is 7.23. The van der Waals surface area contributed by atoms with Crippen LogP contribution in [0.15, 0.2) is 48.7 Å². The molecule has 9 heteroatoms. The first-order chi connectivity index (χ1) is 16.4. The minimum atomic E-state index is -0.590. The quantitative estimate of drug-likeness (QED) is 0.413. The van der Waals surface area contributed by atoms with Crippen molar-refractivity contribution in [3.8, 4) is 0 Å². The molecule has 184 valence electrons. The van der Waals surface area contributed by atoms with Gasteiger partial charge in [-0.1, -0.05) is 12.1 Å². The molecule has 1 amide bonds. The van der Waals surface area contributed by atoms with Crippen LogP contribution in [0.1, 0.15) is 56.5 Å². The van der Waals surface area contributed by atoms with Gasteiger partial charge in [-0.05, 0) is 69.1 Å². The summed E-state index contributed by atoms with van der Waals surface area (Å²) in [5, 5.41) is 3.15. The van der Waals surface area contributed by atoms with Gasteiger partial charge in [0.2, 0.25) is 5.78 Å². The minimum absolute atomic E-state index is 0. The lowest BCUT2D eigenvalue weighted by Crippen LogP contribution is -2.57. The minimum Gasteiger partial charge on any atom is -0.462 e. The zero-order valence-corrected chi connectivity index (χ0v) is 20.1. The molecule has 6 rings (SSSR count). The first-order valence-corrected chi connectivity index (χ1v) is 11.6. The number of ether oxygens (including phenoxy) is 1. The van der Waals surface area contributed by atoms with Crippen molar-refractivity contribution in [1.29, 1.82) is 0 Å². The van der Waals surface area contributed by atoms with E-state index in [9.17, 15) is 18.8 Å². The molecule has 0 aliphatic carbocycles. The number of piperidine rings is 3. The second kappa shape index (κ2) is 10.2. The number of fused-ring (bicyclic) bond motifs is 4. The Morgan fingerprint density at radius 1 is 1.09 bits per heavy atom. The maximum atomic E-state index is 13.7. The summed E-state index contributed by atoms with van der Waals surface area (Å²) >= 11 is 0. The van der Waals surface area contributed by atoms with Crippen LogP contribution in [0.2, 0.25) is 0 Å². The molecule has 1 atom stereocenters. The lowest BCUT2D eigenvalue weighted by molar-refractivity contribution is 0.0528. The van der Waals surface area contributed by atoms with Crippen LogP contribution in [0.5, 0.6) is 0 Å². The zero-order chi connectivity index (χ0) is 23.8. The highest BCUT2D eigenvalue weighted by Crippen LogP contribution is 2.28. The highest BCUT2D eigenvalue weighted by atomic mass is 35.5. The van der Waals surface area contributed by atoms with E-state index < -0.39 is 17.6 Å². The third-order valence-electron chi connectivity index (χ3n) is 6.82. The van der Waals surface area contributed by atoms with Crippen molar-refractivity contribution < 1.29 is 23.5 Å². The summed E-state index contributed by atoms with van der Waals surface area (Å²) < 4.78 is 20.4. The summed E-state index contributed by atoms with van der Waals surface area (Å²) in [6, 6.07) is 10.2. The Morgan fingerprint density at radius 3 is 2.51 bits per heavy atom. The highest BCUT2D eigenvalue weighted by molar-refractivity contribution is 6.11. The molecule has 35 heavy (non-hydrogen) atoms. The van der Waals surface area contributed by atoms with Crippen LogP contribution >= 0.6 is 12.4 Å². The number of halogens is 2. The van der Waals surface area contributed by atoms with Gasteiger partial charge in [-0.2, -0.15) is 0 Å². The smallest absolute Gasteiger partial charge is 0.340 e. The van der Waals surface area contributed by atoms with Gasteiger partial charge >= 0.3 is 5.97 Å². The van der Waals surface area contributed by atoms with Crippen molar-refractivity contribution in [1.82, 2.24) is 14.6 Å². The molecule has 3 fully saturated rings. The second-order valence-corrected chi connectivity index (χ2v) is 8.89. The summed E-state index contributed by atoms with van der Waals surface area (Å²) in [7, 11) is 0. The predicted molar refractivity (Wildman–Crippen MR) is 131 cm³/mol. The largest absolute Gasteiger partial charge is 0.462 e. The maximum Gasteiger partial charge on any atom is 0.340 e. The molecular formula is C26H27ClFN3O4. The molecule has 7 nitrogen and oxygen atoms in total. The van der Waals surface area contributed by atoms with Crippen molar-refractivity contribution in [2.24, 2.45) is 5.92 Å². The first kappa shape index (κ1) is 24.9. The Hall–Kier alpha value is -3.23. The van der Waals surface area contributed by atoms with Crippen LogP contribution in [0.25, 0.3) is 5.52 Å². The van der Waals surface area contributed by atoms with Gasteiger partial charge in [0.15, 0.2) is 0 Å². The van der Waals surface area contributed by atoms with Crippen LogP contribution in [-0.4, -0.2) is 59.2 Å². The number of aromatic nitrogens is 1. The van der Waals surface area contributed by atoms with E-state index in [0.29, 0.717) is 17.0 Å². The number of rotatable bonds is 6. The second-order valence-electron chi connectivity index (χ2n) is 8.89. The number of pyridine rings is 1. The fourth-order valence-corrected chi connectivity index (χ4v) is 5.04. The number of hydrogen-bond acceptors (Lipinski definition) is 5. The van der Waals surface area contributed by atoms with E-state index in [0.717, 1.165) is 38.5 Å². The van der Waals surface area contributed by atoms with Gasteiger partial charge in [-0.25, -0.2) is 9.18 Å². The molecule has 5 heterocycles. The molecule has 0 unspecified atom stereocenters. The summed E-state index contributed by atoms with van der Waals surface area (Å²) in [6.45, 7) is 4.88. The van der Waals surface area contributed by atoms with Crippen LogP contribution in [0.4, 0.5) is 4.39 Å². The SMILES string of the molecule is CCOC(=O)c1cc(C(=O)c2cccc(F)c2)n2ccc(C(=O)N[C@H]3CN4CCC3CC4)cc12.Cl. The number of nitrogens with one attached hydrogen (secondary N) is 1. The number of ketones is 1. The van der Waals surface area contributed by atoms with E-state index in [1.54, 1.807) is 29.7 Å². The number of amides is 1. The van der Waals surface area contributed by atoms with Gasteiger partial charge in [0.1, 0.15) is 5.82 Å². The highest BCUT2D eigenvalue weighted by Gasteiger charge is 2.35. The summed E-state index contributed by atoms with van der Waals surface area (Å²) in [5.41, 5.74) is 1.32. The van der Waals surface area contributed by atoms with Crippen molar-refractivity contribution in [3.05, 3.63) is 76.9 Å². The topological polar surface area (TPSA) is 80.1 Å².